The van der Waals surface area contributed by atoms with Gasteiger partial charge in [0.2, 0.25) is 0 Å². The summed E-state index contributed by atoms with van der Waals surface area (Å²) in [5.41, 5.74) is 4.39. The van der Waals surface area contributed by atoms with Gasteiger partial charge in [0.25, 0.3) is 0 Å². The molecule has 1 unspecified atom stereocenters. The maximum absolute atomic E-state index is 13.2. The molecule has 0 fully saturated rings. The third kappa shape index (κ3) is 3.27. The van der Waals surface area contributed by atoms with E-state index < -0.39 is 23.7 Å². The normalized spacial score (nSPS) is 14.2. The topological polar surface area (TPSA) is 35.2 Å². The Bertz CT molecular complexity index is 492. The molecular formula is C11H10Cl2F5NO. The molecule has 0 bridgehead atoms. The minimum absolute atomic E-state index is 0.0745. The lowest BCUT2D eigenvalue weighted by Crippen LogP contribution is -2.45. The van der Waals surface area contributed by atoms with Crippen molar-refractivity contribution in [2.45, 2.75) is 25.1 Å². The van der Waals surface area contributed by atoms with Crippen LogP contribution < -0.4 is 10.5 Å². The van der Waals surface area contributed by atoms with Crippen molar-refractivity contribution in [2.75, 3.05) is 6.61 Å². The smallest absolute Gasteiger partial charge is 0.455 e. The second-order valence-corrected chi connectivity index (χ2v) is 4.65. The fraction of sp³-hybridized carbons (Fsp3) is 0.455. The van der Waals surface area contributed by atoms with E-state index >= 15 is 0 Å². The molecule has 1 aromatic carbocycles. The molecule has 0 amide bonds. The highest BCUT2D eigenvalue weighted by atomic mass is 35.5. The number of hydrogen-bond donors (Lipinski definition) is 1. The molecule has 0 saturated carbocycles. The van der Waals surface area contributed by atoms with Gasteiger partial charge >= 0.3 is 12.1 Å². The van der Waals surface area contributed by atoms with Gasteiger partial charge in [-0.1, -0.05) is 23.2 Å². The largest absolute Gasteiger partial charge is 0.492 e. The number of halogens is 7. The number of rotatable bonds is 4. The van der Waals surface area contributed by atoms with Gasteiger partial charge < -0.3 is 10.5 Å². The van der Waals surface area contributed by atoms with Gasteiger partial charge in [-0.15, -0.1) is 0 Å². The number of benzene rings is 1. The molecule has 0 heterocycles. The summed E-state index contributed by atoms with van der Waals surface area (Å²) in [6.45, 7) is 1.86. The van der Waals surface area contributed by atoms with Crippen LogP contribution in [-0.2, 0) is 0 Å². The Kier molecular flexibility index (Phi) is 5.10. The van der Waals surface area contributed by atoms with Gasteiger partial charge in [0, 0.05) is 11.1 Å². The van der Waals surface area contributed by atoms with Crippen LogP contribution in [0.15, 0.2) is 12.1 Å². The van der Waals surface area contributed by atoms with Crippen LogP contribution in [0.4, 0.5) is 22.0 Å². The van der Waals surface area contributed by atoms with Crippen molar-refractivity contribution in [3.05, 3.63) is 27.7 Å². The summed E-state index contributed by atoms with van der Waals surface area (Å²) in [6, 6.07) is -0.767. The number of alkyl halides is 5. The highest BCUT2D eigenvalue weighted by Gasteiger charge is 2.62. The Labute approximate surface area is 121 Å². The molecule has 0 aliphatic carbocycles. The maximum Gasteiger partial charge on any atom is 0.455 e. The van der Waals surface area contributed by atoms with E-state index in [0.717, 1.165) is 12.1 Å². The van der Waals surface area contributed by atoms with Gasteiger partial charge in [-0.05, 0) is 18.6 Å². The average Bonchev–Trinajstić information content (AvgIpc) is 2.31. The molecule has 20 heavy (non-hydrogen) atoms. The molecule has 0 aromatic heterocycles. The fourth-order valence-electron chi connectivity index (χ4n) is 1.42. The molecule has 1 atom stereocenters. The number of hydrogen-bond acceptors (Lipinski definition) is 2. The first-order valence-corrected chi connectivity index (χ1v) is 6.09. The second-order valence-electron chi connectivity index (χ2n) is 3.84. The van der Waals surface area contributed by atoms with Crippen molar-refractivity contribution in [3.8, 4) is 5.75 Å². The van der Waals surface area contributed by atoms with Crippen LogP contribution in [0, 0.1) is 0 Å². The Morgan fingerprint density at radius 3 is 2.15 bits per heavy atom. The van der Waals surface area contributed by atoms with Crippen LogP contribution >= 0.6 is 23.2 Å². The highest BCUT2D eigenvalue weighted by molar-refractivity contribution is 6.34. The molecule has 9 heteroatoms. The van der Waals surface area contributed by atoms with E-state index in [1.165, 1.54) is 0 Å². The minimum atomic E-state index is -5.79. The molecular weight excluding hydrogens is 328 g/mol. The van der Waals surface area contributed by atoms with E-state index in [9.17, 15) is 22.0 Å². The highest BCUT2D eigenvalue weighted by Crippen LogP contribution is 2.46. The van der Waals surface area contributed by atoms with Crippen LogP contribution in [0.5, 0.6) is 5.75 Å². The maximum atomic E-state index is 13.2. The minimum Gasteiger partial charge on any atom is -0.492 e. The molecule has 1 rings (SSSR count). The van der Waals surface area contributed by atoms with Crippen molar-refractivity contribution in [1.82, 2.24) is 0 Å². The van der Waals surface area contributed by atoms with Gasteiger partial charge in [0.1, 0.15) is 11.8 Å². The Morgan fingerprint density at radius 1 is 1.15 bits per heavy atom. The molecule has 2 N–H and O–H groups in total. The first kappa shape index (κ1) is 17.3. The molecule has 0 aliphatic rings. The number of ether oxygens (including phenoxy) is 1. The second kappa shape index (κ2) is 5.91. The predicted molar refractivity (Wildman–Crippen MR) is 65.6 cm³/mol. The summed E-state index contributed by atoms with van der Waals surface area (Å²) in [5.74, 6) is -5.06. The lowest BCUT2D eigenvalue weighted by molar-refractivity contribution is -0.290. The molecule has 0 spiro atoms. The lowest BCUT2D eigenvalue weighted by atomic mass is 10.0. The van der Waals surface area contributed by atoms with Gasteiger partial charge in [0.15, 0.2) is 0 Å². The summed E-state index contributed by atoms with van der Waals surface area (Å²) in [6.07, 6.45) is -5.79. The van der Waals surface area contributed by atoms with E-state index in [0.29, 0.717) is 0 Å². The van der Waals surface area contributed by atoms with Crippen LogP contribution in [0.25, 0.3) is 0 Å². The van der Waals surface area contributed by atoms with E-state index in [4.69, 9.17) is 33.7 Å². The molecule has 2 nitrogen and oxygen atoms in total. The van der Waals surface area contributed by atoms with E-state index in [1.54, 1.807) is 6.92 Å². The fourth-order valence-corrected chi connectivity index (χ4v) is 1.92. The third-order valence-electron chi connectivity index (χ3n) is 2.45. The van der Waals surface area contributed by atoms with Crippen molar-refractivity contribution >= 4 is 23.2 Å². The first-order chi connectivity index (χ1) is 9.02. The summed E-state index contributed by atoms with van der Waals surface area (Å²) in [4.78, 5) is 0. The van der Waals surface area contributed by atoms with E-state index in [2.05, 4.69) is 0 Å². The van der Waals surface area contributed by atoms with Crippen LogP contribution in [-0.4, -0.2) is 18.7 Å². The summed E-state index contributed by atoms with van der Waals surface area (Å²) < 4.78 is 68.2. The summed E-state index contributed by atoms with van der Waals surface area (Å²) in [7, 11) is 0. The quantitative estimate of drug-likeness (QED) is 0.815. The SMILES string of the molecule is CCOc1cc(Cl)c(C(N)C(F)(F)C(F)(F)F)cc1Cl. The monoisotopic (exact) mass is 337 g/mol. The van der Waals surface area contributed by atoms with Gasteiger partial charge in [-0.25, -0.2) is 0 Å². The van der Waals surface area contributed by atoms with Crippen LogP contribution in [0.2, 0.25) is 10.0 Å². The van der Waals surface area contributed by atoms with Crippen molar-refractivity contribution < 1.29 is 26.7 Å². The molecule has 114 valence electrons. The van der Waals surface area contributed by atoms with E-state index in [-0.39, 0.29) is 22.4 Å². The summed E-state index contributed by atoms with van der Waals surface area (Å²) >= 11 is 11.4. The zero-order valence-electron chi connectivity index (χ0n) is 10.1. The average molecular weight is 338 g/mol. The number of nitrogens with two attached hydrogens (primary N) is 1. The van der Waals surface area contributed by atoms with Gasteiger partial charge in [-0.2, -0.15) is 22.0 Å². The Hall–Kier alpha value is -0.790. The van der Waals surface area contributed by atoms with Gasteiger partial charge in [0.05, 0.1) is 11.6 Å². The lowest BCUT2D eigenvalue weighted by Gasteiger charge is -2.26. The Morgan fingerprint density at radius 2 is 1.70 bits per heavy atom. The zero-order valence-corrected chi connectivity index (χ0v) is 11.6. The standard InChI is InChI=1S/C11H10Cl2F5NO/c1-2-20-8-4-6(12)5(3-7(8)13)9(19)10(14,15)11(16,17)18/h3-4,9H,2,19H2,1H3. The van der Waals surface area contributed by atoms with Crippen LogP contribution in [0.1, 0.15) is 18.5 Å². The summed E-state index contributed by atoms with van der Waals surface area (Å²) in [5, 5.41) is -0.533. The molecule has 1 aromatic rings. The van der Waals surface area contributed by atoms with Gasteiger partial charge in [-0.3, -0.25) is 0 Å². The van der Waals surface area contributed by atoms with Crippen molar-refractivity contribution in [3.63, 3.8) is 0 Å². The molecule has 0 saturated heterocycles. The predicted octanol–water partition coefficient (Wildman–Crippen LogP) is 4.59. The zero-order chi connectivity index (χ0) is 15.7. The first-order valence-electron chi connectivity index (χ1n) is 5.34. The van der Waals surface area contributed by atoms with Crippen molar-refractivity contribution in [1.29, 1.82) is 0 Å². The van der Waals surface area contributed by atoms with Crippen molar-refractivity contribution in [2.24, 2.45) is 5.73 Å². The molecule has 0 aliphatic heterocycles. The molecule has 0 radical (unpaired) electrons. The van der Waals surface area contributed by atoms with E-state index in [1.807, 2.05) is 0 Å². The Balaban J connectivity index is 3.24. The third-order valence-corrected chi connectivity index (χ3v) is 3.08. The van der Waals surface area contributed by atoms with Crippen LogP contribution in [0.3, 0.4) is 0 Å².